The summed E-state index contributed by atoms with van der Waals surface area (Å²) in [6.45, 7) is 4.93. The molecule has 5 heteroatoms. The lowest BCUT2D eigenvalue weighted by molar-refractivity contribution is -0.131. The lowest BCUT2D eigenvalue weighted by Crippen LogP contribution is -2.62. The van der Waals surface area contributed by atoms with E-state index in [4.69, 9.17) is 4.74 Å². The van der Waals surface area contributed by atoms with E-state index in [0.717, 1.165) is 29.7 Å². The van der Waals surface area contributed by atoms with Gasteiger partial charge in [-0.1, -0.05) is 43.7 Å². The molecule has 0 aliphatic carbocycles. The molecular weight excluding hydrogens is 352 g/mol. The summed E-state index contributed by atoms with van der Waals surface area (Å²) in [5, 5.41) is 3.03. The molecule has 2 aromatic rings. The number of hydrogen-bond donors (Lipinski definition) is 1. The fourth-order valence-electron chi connectivity index (χ4n) is 3.74. The summed E-state index contributed by atoms with van der Waals surface area (Å²) in [4.78, 5) is 28.1. The molecule has 0 spiro atoms. The van der Waals surface area contributed by atoms with Crippen molar-refractivity contribution in [1.29, 1.82) is 0 Å². The van der Waals surface area contributed by atoms with Crippen molar-refractivity contribution in [3.8, 4) is 5.75 Å². The van der Waals surface area contributed by atoms with E-state index in [1.807, 2.05) is 55.5 Å². The Kier molecular flexibility index (Phi) is 6.02. The van der Waals surface area contributed by atoms with E-state index in [9.17, 15) is 9.59 Å². The average molecular weight is 380 g/mol. The Hall–Kier alpha value is -2.82. The van der Waals surface area contributed by atoms with Crippen LogP contribution >= 0.6 is 0 Å². The molecule has 0 fully saturated rings. The number of carbonyl (C=O) groups excluding carboxylic acids is 2. The maximum atomic E-state index is 13.2. The maximum Gasteiger partial charge on any atom is 0.255 e. The van der Waals surface area contributed by atoms with Crippen LogP contribution < -0.4 is 10.1 Å². The van der Waals surface area contributed by atoms with Gasteiger partial charge >= 0.3 is 0 Å². The molecule has 1 atom stereocenters. The minimum atomic E-state index is -0.903. The third kappa shape index (κ3) is 3.88. The van der Waals surface area contributed by atoms with Crippen LogP contribution in [0.2, 0.25) is 0 Å². The van der Waals surface area contributed by atoms with Crippen LogP contribution in [0.15, 0.2) is 48.5 Å². The number of unbranched alkanes of at least 4 members (excludes halogenated alkanes) is 1. The molecular formula is C23H28N2O3. The Balaban J connectivity index is 1.83. The number of rotatable bonds is 7. The molecule has 1 unspecified atom stereocenters. The third-order valence-electron chi connectivity index (χ3n) is 5.43. The Morgan fingerprint density at radius 2 is 2.00 bits per heavy atom. The smallest absolute Gasteiger partial charge is 0.255 e. The van der Waals surface area contributed by atoms with Crippen molar-refractivity contribution < 1.29 is 14.3 Å². The first-order chi connectivity index (χ1) is 13.5. The van der Waals surface area contributed by atoms with Gasteiger partial charge in [-0.3, -0.25) is 9.59 Å². The van der Waals surface area contributed by atoms with Gasteiger partial charge in [-0.15, -0.1) is 0 Å². The van der Waals surface area contributed by atoms with Crippen LogP contribution in [0.3, 0.4) is 0 Å². The largest absolute Gasteiger partial charge is 0.497 e. The summed E-state index contributed by atoms with van der Waals surface area (Å²) in [6, 6.07) is 15.2. The fourth-order valence-corrected chi connectivity index (χ4v) is 3.74. The van der Waals surface area contributed by atoms with Gasteiger partial charge in [0.15, 0.2) is 0 Å². The van der Waals surface area contributed by atoms with Gasteiger partial charge in [-0.25, -0.2) is 0 Å². The topological polar surface area (TPSA) is 58.6 Å². The summed E-state index contributed by atoms with van der Waals surface area (Å²) in [6.07, 6.45) is 2.35. The zero-order valence-electron chi connectivity index (χ0n) is 16.8. The molecule has 0 radical (unpaired) electrons. The van der Waals surface area contributed by atoms with Gasteiger partial charge in [-0.05, 0) is 42.7 Å². The van der Waals surface area contributed by atoms with E-state index in [2.05, 4.69) is 12.2 Å². The highest BCUT2D eigenvalue weighted by molar-refractivity contribution is 6.02. The highest BCUT2D eigenvalue weighted by Gasteiger charge is 2.46. The molecule has 2 aromatic carbocycles. The van der Waals surface area contributed by atoms with Gasteiger partial charge in [0.25, 0.3) is 5.91 Å². The SMILES string of the molecule is CCCCN1C(=O)c2ccccc2CC1(C)C(=O)NCc1cccc(OC)c1. The average Bonchev–Trinajstić information content (AvgIpc) is 2.72. The molecule has 0 bridgehead atoms. The summed E-state index contributed by atoms with van der Waals surface area (Å²) in [7, 11) is 1.62. The molecule has 1 heterocycles. The van der Waals surface area contributed by atoms with Gasteiger partial charge in [-0.2, -0.15) is 0 Å². The van der Waals surface area contributed by atoms with E-state index >= 15 is 0 Å². The van der Waals surface area contributed by atoms with Crippen molar-refractivity contribution in [2.24, 2.45) is 0 Å². The number of amides is 2. The van der Waals surface area contributed by atoms with Gasteiger partial charge in [0.1, 0.15) is 11.3 Å². The highest BCUT2D eigenvalue weighted by Crippen LogP contribution is 2.31. The Labute approximate surface area is 166 Å². The predicted molar refractivity (Wildman–Crippen MR) is 109 cm³/mol. The molecule has 1 aliphatic heterocycles. The quantitative estimate of drug-likeness (QED) is 0.799. The van der Waals surface area contributed by atoms with E-state index in [0.29, 0.717) is 25.1 Å². The monoisotopic (exact) mass is 380 g/mol. The van der Waals surface area contributed by atoms with E-state index in [1.165, 1.54) is 0 Å². The lowest BCUT2D eigenvalue weighted by atomic mass is 9.82. The van der Waals surface area contributed by atoms with E-state index in [1.54, 1.807) is 12.0 Å². The molecule has 28 heavy (non-hydrogen) atoms. The van der Waals surface area contributed by atoms with Crippen molar-refractivity contribution >= 4 is 11.8 Å². The first-order valence-corrected chi connectivity index (χ1v) is 9.80. The minimum absolute atomic E-state index is 0.0608. The Bertz CT molecular complexity index is 864. The standard InChI is InChI=1S/C23H28N2O3/c1-4-5-13-25-21(26)20-12-7-6-10-18(20)15-23(25,2)22(27)24-16-17-9-8-11-19(14-17)28-3/h6-12,14H,4-5,13,15-16H2,1-3H3,(H,24,27). The van der Waals surface area contributed by atoms with Crippen LogP contribution in [0.25, 0.3) is 0 Å². The molecule has 1 aliphatic rings. The molecule has 3 rings (SSSR count). The van der Waals surface area contributed by atoms with Crippen LogP contribution in [0, 0.1) is 0 Å². The Morgan fingerprint density at radius 3 is 2.75 bits per heavy atom. The zero-order chi connectivity index (χ0) is 20.1. The van der Waals surface area contributed by atoms with Gasteiger partial charge in [0.05, 0.1) is 7.11 Å². The van der Waals surface area contributed by atoms with Crippen LogP contribution in [-0.2, 0) is 17.8 Å². The van der Waals surface area contributed by atoms with Crippen molar-refractivity contribution in [3.05, 3.63) is 65.2 Å². The second kappa shape index (κ2) is 8.46. The Morgan fingerprint density at radius 1 is 1.21 bits per heavy atom. The number of nitrogens with zero attached hydrogens (tertiary/aromatic N) is 1. The van der Waals surface area contributed by atoms with E-state index < -0.39 is 5.54 Å². The summed E-state index contributed by atoms with van der Waals surface area (Å²) < 4.78 is 5.25. The van der Waals surface area contributed by atoms with Crippen LogP contribution in [-0.4, -0.2) is 35.9 Å². The zero-order valence-corrected chi connectivity index (χ0v) is 16.8. The van der Waals surface area contributed by atoms with Crippen LogP contribution in [0.1, 0.15) is 48.2 Å². The number of hydrogen-bond acceptors (Lipinski definition) is 3. The second-order valence-electron chi connectivity index (χ2n) is 7.45. The minimum Gasteiger partial charge on any atom is -0.497 e. The predicted octanol–water partition coefficient (Wildman–Crippen LogP) is 3.57. The number of methoxy groups -OCH3 is 1. The number of nitrogens with one attached hydrogen (secondary N) is 1. The highest BCUT2D eigenvalue weighted by atomic mass is 16.5. The van der Waals surface area contributed by atoms with Gasteiger partial charge in [0.2, 0.25) is 5.91 Å². The maximum absolute atomic E-state index is 13.2. The van der Waals surface area contributed by atoms with Gasteiger partial charge < -0.3 is 15.0 Å². The summed E-state index contributed by atoms with van der Waals surface area (Å²) in [5.74, 6) is 0.563. The van der Waals surface area contributed by atoms with Crippen molar-refractivity contribution in [2.75, 3.05) is 13.7 Å². The number of ether oxygens (including phenoxy) is 1. The second-order valence-corrected chi connectivity index (χ2v) is 7.45. The molecule has 2 amide bonds. The molecule has 0 aromatic heterocycles. The molecule has 1 N–H and O–H groups in total. The third-order valence-corrected chi connectivity index (χ3v) is 5.43. The molecule has 0 saturated heterocycles. The fraction of sp³-hybridized carbons (Fsp3) is 0.391. The lowest BCUT2D eigenvalue weighted by Gasteiger charge is -2.44. The van der Waals surface area contributed by atoms with E-state index in [-0.39, 0.29) is 11.8 Å². The van der Waals surface area contributed by atoms with Gasteiger partial charge in [0, 0.05) is 25.1 Å². The molecule has 5 nitrogen and oxygen atoms in total. The summed E-state index contributed by atoms with van der Waals surface area (Å²) >= 11 is 0. The number of carbonyl (C=O) groups is 2. The van der Waals surface area contributed by atoms with Crippen molar-refractivity contribution in [2.45, 2.75) is 45.2 Å². The van der Waals surface area contributed by atoms with Crippen molar-refractivity contribution in [1.82, 2.24) is 10.2 Å². The number of fused-ring (bicyclic) bond motifs is 1. The first kappa shape index (κ1) is 19.9. The van der Waals surface area contributed by atoms with Crippen LogP contribution in [0.4, 0.5) is 0 Å². The van der Waals surface area contributed by atoms with Crippen molar-refractivity contribution in [3.63, 3.8) is 0 Å². The summed E-state index contributed by atoms with van der Waals surface area (Å²) in [5.41, 5.74) is 1.69. The number of benzene rings is 2. The normalized spacial score (nSPS) is 18.5. The molecule has 0 saturated carbocycles. The molecule has 148 valence electrons. The van der Waals surface area contributed by atoms with Crippen LogP contribution in [0.5, 0.6) is 5.75 Å². The first-order valence-electron chi connectivity index (χ1n) is 9.80.